The molecule has 0 saturated heterocycles. The number of ether oxygens (including phenoxy) is 3. The zero-order chi connectivity index (χ0) is 52.9. The Morgan fingerprint density at radius 1 is 0.274 bits per heavy atom. The number of hydrogen-bond acceptors (Lipinski definition) is 6. The summed E-state index contributed by atoms with van der Waals surface area (Å²) >= 11 is 0. The van der Waals surface area contributed by atoms with Crippen LogP contribution in [0.2, 0.25) is 0 Å². The molecule has 0 heterocycles. The number of carbonyl (C=O) groups is 3. The summed E-state index contributed by atoms with van der Waals surface area (Å²) in [6.07, 6.45) is 76.1. The predicted octanol–water partition coefficient (Wildman–Crippen LogP) is 22.0. The number of hydrogen-bond donors (Lipinski definition) is 0. The molecule has 73 heavy (non-hydrogen) atoms. The summed E-state index contributed by atoms with van der Waals surface area (Å²) in [4.78, 5) is 38.2. The van der Waals surface area contributed by atoms with Crippen LogP contribution in [0.15, 0.2) is 36.5 Å². The van der Waals surface area contributed by atoms with Crippen LogP contribution in [0.1, 0.15) is 355 Å². The molecule has 0 aliphatic carbocycles. The van der Waals surface area contributed by atoms with Crippen molar-refractivity contribution in [3.05, 3.63) is 36.5 Å². The van der Waals surface area contributed by atoms with E-state index in [4.69, 9.17) is 14.2 Å². The van der Waals surface area contributed by atoms with E-state index in [0.717, 1.165) is 96.3 Å². The smallest absolute Gasteiger partial charge is 0.306 e. The minimum absolute atomic E-state index is 0.0770. The Labute approximate surface area is 455 Å². The third kappa shape index (κ3) is 60.4. The molecule has 0 aromatic heterocycles. The zero-order valence-corrected chi connectivity index (χ0v) is 49.2. The first-order valence-corrected chi connectivity index (χ1v) is 32.5. The van der Waals surface area contributed by atoms with Gasteiger partial charge in [-0.25, -0.2) is 0 Å². The fourth-order valence-electron chi connectivity index (χ4n) is 9.71. The average Bonchev–Trinajstić information content (AvgIpc) is 3.39. The highest BCUT2D eigenvalue weighted by atomic mass is 16.6. The first-order valence-electron chi connectivity index (χ1n) is 32.5. The lowest BCUT2D eigenvalue weighted by Crippen LogP contribution is -2.30. The number of rotatable bonds is 60. The molecule has 428 valence electrons. The molecule has 1 atom stereocenters. The summed E-state index contributed by atoms with van der Waals surface area (Å²) in [5, 5.41) is 0. The van der Waals surface area contributed by atoms with E-state index in [-0.39, 0.29) is 31.1 Å². The maximum Gasteiger partial charge on any atom is 0.306 e. The Kier molecular flexibility index (Phi) is 60.2. The van der Waals surface area contributed by atoms with Crippen LogP contribution in [0.5, 0.6) is 0 Å². The van der Waals surface area contributed by atoms with E-state index in [1.54, 1.807) is 0 Å². The van der Waals surface area contributed by atoms with Crippen molar-refractivity contribution in [2.45, 2.75) is 361 Å². The molecule has 6 nitrogen and oxygen atoms in total. The monoisotopic (exact) mass is 1020 g/mol. The van der Waals surface area contributed by atoms with Crippen LogP contribution in [0.4, 0.5) is 0 Å². The third-order valence-electron chi connectivity index (χ3n) is 14.6. The Bertz CT molecular complexity index is 1220. The van der Waals surface area contributed by atoms with Gasteiger partial charge in [-0.1, -0.05) is 301 Å². The van der Waals surface area contributed by atoms with Crippen molar-refractivity contribution in [2.75, 3.05) is 13.2 Å². The largest absolute Gasteiger partial charge is 0.462 e. The van der Waals surface area contributed by atoms with Gasteiger partial charge in [0.1, 0.15) is 13.2 Å². The summed E-state index contributed by atoms with van der Waals surface area (Å²) in [6.45, 7) is 6.58. The van der Waals surface area contributed by atoms with E-state index in [1.807, 2.05) is 0 Å². The van der Waals surface area contributed by atoms with Crippen LogP contribution >= 0.6 is 0 Å². The summed E-state index contributed by atoms with van der Waals surface area (Å²) in [5.41, 5.74) is 0. The Morgan fingerprint density at radius 3 is 0.849 bits per heavy atom. The second-order valence-electron chi connectivity index (χ2n) is 22.0. The van der Waals surface area contributed by atoms with Gasteiger partial charge in [-0.2, -0.15) is 0 Å². The second kappa shape index (κ2) is 62.2. The van der Waals surface area contributed by atoms with Crippen LogP contribution in [0.3, 0.4) is 0 Å². The predicted molar refractivity (Wildman–Crippen MR) is 316 cm³/mol. The third-order valence-corrected chi connectivity index (χ3v) is 14.6. The summed E-state index contributed by atoms with van der Waals surface area (Å²) in [7, 11) is 0. The molecule has 0 saturated carbocycles. The van der Waals surface area contributed by atoms with E-state index in [1.165, 1.54) is 218 Å². The molecule has 0 aliphatic rings. The fraction of sp³-hybridized carbons (Fsp3) is 0.866. The molecule has 0 aliphatic heterocycles. The highest BCUT2D eigenvalue weighted by Gasteiger charge is 2.19. The van der Waals surface area contributed by atoms with E-state index in [2.05, 4.69) is 57.2 Å². The van der Waals surface area contributed by atoms with Crippen LogP contribution < -0.4 is 0 Å². The van der Waals surface area contributed by atoms with Gasteiger partial charge in [0.2, 0.25) is 0 Å². The minimum Gasteiger partial charge on any atom is -0.462 e. The van der Waals surface area contributed by atoms with Gasteiger partial charge in [-0.15, -0.1) is 0 Å². The normalized spacial score (nSPS) is 12.2. The highest BCUT2D eigenvalue weighted by Crippen LogP contribution is 2.18. The highest BCUT2D eigenvalue weighted by molar-refractivity contribution is 5.71. The average molecular weight is 1030 g/mol. The summed E-state index contributed by atoms with van der Waals surface area (Å²) in [6, 6.07) is 0. The van der Waals surface area contributed by atoms with Crippen molar-refractivity contribution in [3.8, 4) is 0 Å². The van der Waals surface area contributed by atoms with Crippen LogP contribution in [-0.2, 0) is 28.6 Å². The molecule has 0 amide bonds. The number of carbonyl (C=O) groups excluding carboxylic acids is 3. The van der Waals surface area contributed by atoms with Crippen molar-refractivity contribution >= 4 is 17.9 Å². The number of allylic oxidation sites excluding steroid dienone is 6. The van der Waals surface area contributed by atoms with Crippen molar-refractivity contribution in [1.82, 2.24) is 0 Å². The second-order valence-corrected chi connectivity index (χ2v) is 22.0. The molecule has 0 spiro atoms. The molecule has 0 N–H and O–H groups in total. The Hall–Kier alpha value is -2.37. The SMILES string of the molecule is CCC/C=C\C/C=C\CCCCCCCC(=O)OC(COC(=O)CCCCCCC/C=C\CCCCC)COC(=O)CCCCCCCCCCCCCCCCCCCCCCCCCCCCCCCC. The van der Waals surface area contributed by atoms with Gasteiger partial charge in [0, 0.05) is 19.3 Å². The maximum atomic E-state index is 12.8. The molecule has 0 aromatic carbocycles. The molecule has 0 radical (unpaired) electrons. The maximum absolute atomic E-state index is 12.8. The Balaban J connectivity index is 4.08. The standard InChI is InChI=1S/C67H124O6/c1-4-7-10-13-16-19-22-25-26-27-28-29-30-31-32-33-34-35-36-37-38-39-40-41-43-45-48-51-54-57-60-66(69)72-63-64(62-71-65(68)59-56-53-50-47-44-24-21-18-15-12-9-6-3)73-67(70)61-58-55-52-49-46-42-23-20-17-14-11-8-5-2/h11,14,18,20-21,23,64H,4-10,12-13,15-17,19,22,24-63H2,1-3H3/b14-11-,21-18-,23-20-. The zero-order valence-electron chi connectivity index (χ0n) is 49.2. The van der Waals surface area contributed by atoms with Crippen molar-refractivity contribution in [3.63, 3.8) is 0 Å². The van der Waals surface area contributed by atoms with Gasteiger partial charge >= 0.3 is 17.9 Å². The van der Waals surface area contributed by atoms with E-state index >= 15 is 0 Å². The molecule has 1 unspecified atom stereocenters. The fourth-order valence-corrected chi connectivity index (χ4v) is 9.71. The minimum atomic E-state index is -0.780. The molecule has 0 fully saturated rings. The van der Waals surface area contributed by atoms with Crippen LogP contribution in [-0.4, -0.2) is 37.2 Å². The summed E-state index contributed by atoms with van der Waals surface area (Å²) in [5.74, 6) is -0.883. The molecular weight excluding hydrogens is 901 g/mol. The van der Waals surface area contributed by atoms with E-state index in [9.17, 15) is 14.4 Å². The van der Waals surface area contributed by atoms with Gasteiger partial charge in [0.25, 0.3) is 0 Å². The lowest BCUT2D eigenvalue weighted by Gasteiger charge is -2.18. The van der Waals surface area contributed by atoms with Gasteiger partial charge in [0.15, 0.2) is 6.10 Å². The van der Waals surface area contributed by atoms with Gasteiger partial charge in [-0.3, -0.25) is 14.4 Å². The molecule has 0 bridgehead atoms. The first kappa shape index (κ1) is 70.6. The van der Waals surface area contributed by atoms with Crippen molar-refractivity contribution in [2.24, 2.45) is 0 Å². The van der Waals surface area contributed by atoms with Crippen molar-refractivity contribution < 1.29 is 28.6 Å². The lowest BCUT2D eigenvalue weighted by molar-refractivity contribution is -0.167. The lowest BCUT2D eigenvalue weighted by atomic mass is 10.0. The summed E-state index contributed by atoms with van der Waals surface area (Å²) < 4.78 is 16.9. The number of unbranched alkanes of at least 4 members (excludes halogenated alkanes) is 43. The Morgan fingerprint density at radius 2 is 0.521 bits per heavy atom. The van der Waals surface area contributed by atoms with Gasteiger partial charge in [-0.05, 0) is 70.6 Å². The quantitative estimate of drug-likeness (QED) is 0.0261. The topological polar surface area (TPSA) is 78.9 Å². The molecule has 0 aromatic rings. The van der Waals surface area contributed by atoms with Crippen molar-refractivity contribution in [1.29, 1.82) is 0 Å². The van der Waals surface area contributed by atoms with E-state index < -0.39 is 6.10 Å². The molecule has 6 heteroatoms. The molecule has 0 rings (SSSR count). The van der Waals surface area contributed by atoms with Gasteiger partial charge in [0.05, 0.1) is 0 Å². The number of esters is 3. The molecular formula is C67H124O6. The van der Waals surface area contributed by atoms with Crippen LogP contribution in [0, 0.1) is 0 Å². The van der Waals surface area contributed by atoms with E-state index in [0.29, 0.717) is 19.3 Å². The first-order chi connectivity index (χ1) is 36.0. The van der Waals surface area contributed by atoms with Gasteiger partial charge < -0.3 is 14.2 Å². The van der Waals surface area contributed by atoms with Crippen LogP contribution in [0.25, 0.3) is 0 Å².